The lowest BCUT2D eigenvalue weighted by Crippen LogP contribution is -2.54. The highest BCUT2D eigenvalue weighted by Gasteiger charge is 2.57. The molecule has 29 heavy (non-hydrogen) atoms. The van der Waals surface area contributed by atoms with Crippen molar-refractivity contribution in [2.24, 2.45) is 16.8 Å². The minimum atomic E-state index is -1.53. The molecule has 0 saturated heterocycles. The lowest BCUT2D eigenvalue weighted by molar-refractivity contribution is -0.160. The average molecular weight is 404 g/mol. The second kappa shape index (κ2) is 7.07. The minimum Gasteiger partial charge on any atom is -0.442 e. The van der Waals surface area contributed by atoms with Crippen LogP contribution >= 0.6 is 0 Å². The first-order valence-electron chi connectivity index (χ1n) is 9.14. The molecule has 2 heterocycles. The largest absolute Gasteiger partial charge is 0.442 e. The van der Waals surface area contributed by atoms with E-state index in [1.807, 2.05) is 0 Å². The number of nitrogens with zero attached hydrogens (tertiary/aromatic N) is 2. The van der Waals surface area contributed by atoms with Crippen LogP contribution < -0.4 is 11.1 Å². The number of benzene rings is 2. The number of carbonyl (C=O) groups excluding carboxylic acids is 1. The molecule has 2 aliphatic heterocycles. The Bertz CT molecular complexity index is 1010. The maximum Gasteiger partial charge on any atom is 0.244 e. The number of halogens is 3. The molecule has 1 spiro atoms. The van der Waals surface area contributed by atoms with Crippen molar-refractivity contribution in [2.75, 3.05) is 18.4 Å². The monoisotopic (exact) mass is 404 g/mol. The molecule has 2 unspecified atom stereocenters. The quantitative estimate of drug-likeness (QED) is 0.825. The van der Waals surface area contributed by atoms with Crippen molar-refractivity contribution in [3.63, 3.8) is 0 Å². The highest BCUT2D eigenvalue weighted by Crippen LogP contribution is 2.49. The van der Waals surface area contributed by atoms with Crippen LogP contribution in [0.25, 0.3) is 0 Å². The van der Waals surface area contributed by atoms with E-state index in [1.54, 1.807) is 0 Å². The first-order chi connectivity index (χ1) is 13.9. The Labute approximate surface area is 165 Å². The number of rotatable bonds is 3. The van der Waals surface area contributed by atoms with E-state index in [0.717, 1.165) is 23.2 Å². The van der Waals surface area contributed by atoms with Gasteiger partial charge < -0.3 is 15.8 Å². The number of nitrogens with one attached hydrogen (secondary N) is 1. The second-order valence-corrected chi connectivity index (χ2v) is 7.00. The third-order valence-electron chi connectivity index (χ3n) is 5.19. The van der Waals surface area contributed by atoms with Crippen molar-refractivity contribution in [2.45, 2.75) is 19.1 Å². The van der Waals surface area contributed by atoms with Crippen LogP contribution in [-0.2, 0) is 15.3 Å². The molecule has 0 radical (unpaired) electrons. The van der Waals surface area contributed by atoms with Crippen molar-refractivity contribution in [3.05, 3.63) is 65.0 Å². The summed E-state index contributed by atoms with van der Waals surface area (Å²) in [6.45, 7) is 1.92. The third kappa shape index (κ3) is 3.02. The Morgan fingerprint density at radius 2 is 2.00 bits per heavy atom. The second-order valence-electron chi connectivity index (χ2n) is 7.00. The molecule has 2 atom stereocenters. The standard InChI is InChI=1S/C20H19F3N4O2/c1-11(28)27-20(29-19(26-27)15-8-13(21)2-4-17(15)23)12(6-7-24)10-25-18-5-3-14(22)9-16(18)20/h2-5,8-9,12,25H,6-7,10,24H2,1H3. The van der Waals surface area contributed by atoms with E-state index < -0.39 is 35.0 Å². The fraction of sp³-hybridized carbons (Fsp3) is 0.300. The zero-order valence-corrected chi connectivity index (χ0v) is 15.6. The van der Waals surface area contributed by atoms with Gasteiger partial charge in [-0.25, -0.2) is 13.2 Å². The molecule has 2 aliphatic rings. The Morgan fingerprint density at radius 1 is 1.28 bits per heavy atom. The number of hydrogen-bond acceptors (Lipinski definition) is 5. The van der Waals surface area contributed by atoms with E-state index in [0.29, 0.717) is 24.2 Å². The van der Waals surface area contributed by atoms with Crippen LogP contribution in [0.15, 0.2) is 41.5 Å². The SMILES string of the molecule is CC(=O)N1N=C(c2cc(F)ccc2F)OC12c1cc(F)ccc1NCC2CCN. The van der Waals surface area contributed by atoms with E-state index in [9.17, 15) is 18.0 Å². The van der Waals surface area contributed by atoms with E-state index in [1.165, 1.54) is 25.1 Å². The molecule has 0 aromatic heterocycles. The highest BCUT2D eigenvalue weighted by atomic mass is 19.1. The van der Waals surface area contributed by atoms with Crippen LogP contribution in [-0.4, -0.2) is 29.9 Å². The molecule has 3 N–H and O–H groups in total. The van der Waals surface area contributed by atoms with Gasteiger partial charge >= 0.3 is 0 Å². The van der Waals surface area contributed by atoms with Gasteiger partial charge in [0.15, 0.2) is 0 Å². The van der Waals surface area contributed by atoms with Gasteiger partial charge in [0, 0.05) is 30.6 Å². The first-order valence-corrected chi connectivity index (χ1v) is 9.14. The molecule has 152 valence electrons. The van der Waals surface area contributed by atoms with Gasteiger partial charge in [-0.2, -0.15) is 5.01 Å². The van der Waals surface area contributed by atoms with Crippen molar-refractivity contribution < 1.29 is 22.7 Å². The van der Waals surface area contributed by atoms with Gasteiger partial charge in [0.1, 0.15) is 17.5 Å². The Morgan fingerprint density at radius 3 is 2.72 bits per heavy atom. The number of ether oxygens (including phenoxy) is 1. The van der Waals surface area contributed by atoms with Crippen LogP contribution in [0.2, 0.25) is 0 Å². The van der Waals surface area contributed by atoms with Crippen LogP contribution in [0.4, 0.5) is 18.9 Å². The first kappa shape index (κ1) is 19.3. The Kier molecular flexibility index (Phi) is 4.70. The highest BCUT2D eigenvalue weighted by molar-refractivity contribution is 5.97. The smallest absolute Gasteiger partial charge is 0.244 e. The number of hydrazone groups is 1. The van der Waals surface area contributed by atoms with Crippen LogP contribution in [0, 0.1) is 23.4 Å². The van der Waals surface area contributed by atoms with Gasteiger partial charge in [0.05, 0.1) is 5.56 Å². The van der Waals surface area contributed by atoms with Crippen LogP contribution in [0.5, 0.6) is 0 Å². The topological polar surface area (TPSA) is 80.0 Å². The zero-order chi connectivity index (χ0) is 20.8. The molecule has 9 heteroatoms. The summed E-state index contributed by atoms with van der Waals surface area (Å²) in [4.78, 5) is 12.5. The van der Waals surface area contributed by atoms with E-state index in [2.05, 4.69) is 10.4 Å². The molecule has 1 amide bonds. The maximum atomic E-state index is 14.4. The average Bonchev–Trinajstić information content (AvgIpc) is 3.08. The van der Waals surface area contributed by atoms with Crippen molar-refractivity contribution in [1.29, 1.82) is 0 Å². The van der Waals surface area contributed by atoms with Gasteiger partial charge in [-0.1, -0.05) is 0 Å². The van der Waals surface area contributed by atoms with Crippen molar-refractivity contribution >= 4 is 17.5 Å². The van der Waals surface area contributed by atoms with Crippen LogP contribution in [0.3, 0.4) is 0 Å². The van der Waals surface area contributed by atoms with Gasteiger partial charge in [-0.3, -0.25) is 4.79 Å². The summed E-state index contributed by atoms with van der Waals surface area (Å²) in [7, 11) is 0. The zero-order valence-electron chi connectivity index (χ0n) is 15.6. The molecule has 4 rings (SSSR count). The summed E-state index contributed by atoms with van der Waals surface area (Å²) in [5, 5.41) is 8.44. The molecule has 0 saturated carbocycles. The summed E-state index contributed by atoms with van der Waals surface area (Å²) in [5.41, 5.74) is 4.91. The maximum absolute atomic E-state index is 14.4. The predicted octanol–water partition coefficient (Wildman–Crippen LogP) is 2.89. The molecular weight excluding hydrogens is 385 g/mol. The molecule has 0 fully saturated rings. The van der Waals surface area contributed by atoms with E-state index in [4.69, 9.17) is 10.5 Å². The lowest BCUT2D eigenvalue weighted by Gasteiger charge is -2.45. The van der Waals surface area contributed by atoms with Gasteiger partial charge in [-0.15, -0.1) is 5.10 Å². The number of fused-ring (bicyclic) bond motifs is 2. The van der Waals surface area contributed by atoms with E-state index >= 15 is 0 Å². The summed E-state index contributed by atoms with van der Waals surface area (Å²) >= 11 is 0. The number of hydrogen-bond donors (Lipinski definition) is 2. The summed E-state index contributed by atoms with van der Waals surface area (Å²) in [5.74, 6) is -3.13. The summed E-state index contributed by atoms with van der Waals surface area (Å²) in [6, 6.07) is 6.93. The van der Waals surface area contributed by atoms with Crippen molar-refractivity contribution in [1.82, 2.24) is 5.01 Å². The Balaban J connectivity index is 1.91. The number of carbonyl (C=O) groups is 1. The number of anilines is 1. The molecule has 0 bridgehead atoms. The molecular formula is C20H19F3N4O2. The molecule has 2 aromatic carbocycles. The minimum absolute atomic E-state index is 0.226. The summed E-state index contributed by atoms with van der Waals surface area (Å²) < 4.78 is 48.4. The number of nitrogens with two attached hydrogens (primary N) is 1. The molecule has 6 nitrogen and oxygen atoms in total. The van der Waals surface area contributed by atoms with Gasteiger partial charge in [-0.05, 0) is 49.4 Å². The number of amides is 1. The normalized spacial score (nSPS) is 22.7. The predicted molar refractivity (Wildman–Crippen MR) is 100 cm³/mol. The lowest BCUT2D eigenvalue weighted by atomic mass is 9.81. The molecule has 0 aliphatic carbocycles. The summed E-state index contributed by atoms with van der Waals surface area (Å²) in [6.07, 6.45) is 0.418. The molecule has 2 aromatic rings. The van der Waals surface area contributed by atoms with Gasteiger partial charge in [0.25, 0.3) is 0 Å². The third-order valence-corrected chi connectivity index (χ3v) is 5.19. The fourth-order valence-corrected chi connectivity index (χ4v) is 3.93. The van der Waals surface area contributed by atoms with E-state index in [-0.39, 0.29) is 18.0 Å². The fourth-order valence-electron chi connectivity index (χ4n) is 3.93. The Hall–Kier alpha value is -3.07. The van der Waals surface area contributed by atoms with Crippen LogP contribution in [0.1, 0.15) is 24.5 Å². The van der Waals surface area contributed by atoms with Gasteiger partial charge in [0.2, 0.25) is 17.5 Å². The van der Waals surface area contributed by atoms with Crippen molar-refractivity contribution in [3.8, 4) is 0 Å².